The van der Waals surface area contributed by atoms with E-state index < -0.39 is 0 Å². The van der Waals surface area contributed by atoms with Gasteiger partial charge in [-0.15, -0.1) is 0 Å². The minimum Gasteiger partial charge on any atom is -0.0991 e. The predicted molar refractivity (Wildman–Crippen MR) is 71.1 cm³/mol. The molecule has 0 aromatic rings. The van der Waals surface area contributed by atoms with Gasteiger partial charge in [0.15, 0.2) is 0 Å². The predicted octanol–water partition coefficient (Wildman–Crippen LogP) is 5.43. The Hall–Kier alpha value is -0.780. The molecule has 0 aliphatic rings. The fraction of sp³-hybridized carbons (Fsp3) is 0.600. The van der Waals surface area contributed by atoms with Gasteiger partial charge in [-0.25, -0.2) is 0 Å². The van der Waals surface area contributed by atoms with Crippen molar-refractivity contribution in [3.63, 3.8) is 0 Å². The van der Waals surface area contributed by atoms with E-state index in [1.807, 2.05) is 12.2 Å². The van der Waals surface area contributed by atoms with Crippen LogP contribution in [0, 0.1) is 0 Å². The SMILES string of the molecule is C=CC=CCC=CCCCCCCCC. The largest absolute Gasteiger partial charge is 0.0991 e. The minimum absolute atomic E-state index is 1.04. The summed E-state index contributed by atoms with van der Waals surface area (Å²) in [5.41, 5.74) is 0. The van der Waals surface area contributed by atoms with E-state index in [2.05, 4.69) is 31.7 Å². The van der Waals surface area contributed by atoms with Crippen molar-refractivity contribution in [3.8, 4) is 0 Å². The molecule has 0 aromatic carbocycles. The van der Waals surface area contributed by atoms with Crippen molar-refractivity contribution in [2.45, 2.75) is 58.3 Å². The standard InChI is InChI=1S/C15H26/c1-3-5-7-9-11-13-15-14-12-10-8-6-4-2/h3,5,7,11,13H,1,4,6,8-10,12,14-15H2,2H3. The van der Waals surface area contributed by atoms with Crippen molar-refractivity contribution in [2.75, 3.05) is 0 Å². The van der Waals surface area contributed by atoms with E-state index in [0.29, 0.717) is 0 Å². The lowest BCUT2D eigenvalue weighted by Gasteiger charge is -1.97. The van der Waals surface area contributed by atoms with Crippen LogP contribution in [0.15, 0.2) is 37.0 Å². The maximum absolute atomic E-state index is 3.63. The third-order valence-electron chi connectivity index (χ3n) is 2.44. The monoisotopic (exact) mass is 206 g/mol. The molecular weight excluding hydrogens is 180 g/mol. The molecule has 0 saturated carbocycles. The third-order valence-corrected chi connectivity index (χ3v) is 2.44. The number of rotatable bonds is 10. The molecule has 0 unspecified atom stereocenters. The fourth-order valence-corrected chi connectivity index (χ4v) is 1.51. The van der Waals surface area contributed by atoms with Gasteiger partial charge in [0.05, 0.1) is 0 Å². The van der Waals surface area contributed by atoms with Crippen LogP contribution in [-0.2, 0) is 0 Å². The molecule has 0 spiro atoms. The molecule has 0 fully saturated rings. The van der Waals surface area contributed by atoms with Gasteiger partial charge in [0.1, 0.15) is 0 Å². The van der Waals surface area contributed by atoms with Crippen LogP contribution in [0.2, 0.25) is 0 Å². The van der Waals surface area contributed by atoms with Gasteiger partial charge in [0.2, 0.25) is 0 Å². The zero-order valence-electron chi connectivity index (χ0n) is 10.3. The molecular formula is C15H26. The Bertz CT molecular complexity index is 174. The van der Waals surface area contributed by atoms with Crippen LogP contribution < -0.4 is 0 Å². The van der Waals surface area contributed by atoms with Crippen LogP contribution in [0.1, 0.15) is 58.3 Å². The Labute approximate surface area is 95.8 Å². The van der Waals surface area contributed by atoms with Crippen molar-refractivity contribution >= 4 is 0 Å². The van der Waals surface area contributed by atoms with Gasteiger partial charge >= 0.3 is 0 Å². The van der Waals surface area contributed by atoms with Crippen LogP contribution in [0.5, 0.6) is 0 Å². The highest BCUT2D eigenvalue weighted by Crippen LogP contribution is 2.07. The fourth-order valence-electron chi connectivity index (χ4n) is 1.51. The lowest BCUT2D eigenvalue weighted by molar-refractivity contribution is 0.611. The molecule has 0 rings (SSSR count). The quantitative estimate of drug-likeness (QED) is 0.254. The van der Waals surface area contributed by atoms with Crippen LogP contribution >= 0.6 is 0 Å². The summed E-state index contributed by atoms with van der Waals surface area (Å²) in [5.74, 6) is 0. The first-order valence-corrected chi connectivity index (χ1v) is 6.34. The van der Waals surface area contributed by atoms with E-state index >= 15 is 0 Å². The van der Waals surface area contributed by atoms with E-state index in [4.69, 9.17) is 0 Å². The first-order valence-electron chi connectivity index (χ1n) is 6.34. The second kappa shape index (κ2) is 13.2. The minimum atomic E-state index is 1.04. The van der Waals surface area contributed by atoms with Gasteiger partial charge in [-0.2, -0.15) is 0 Å². The maximum atomic E-state index is 3.63. The van der Waals surface area contributed by atoms with E-state index in [-0.39, 0.29) is 0 Å². The van der Waals surface area contributed by atoms with Crippen molar-refractivity contribution in [1.82, 2.24) is 0 Å². The third kappa shape index (κ3) is 13.2. The van der Waals surface area contributed by atoms with Crippen LogP contribution in [0.25, 0.3) is 0 Å². The van der Waals surface area contributed by atoms with Gasteiger partial charge < -0.3 is 0 Å². The van der Waals surface area contributed by atoms with Crippen LogP contribution in [0.3, 0.4) is 0 Å². The molecule has 0 radical (unpaired) electrons. The summed E-state index contributed by atoms with van der Waals surface area (Å²) in [6.45, 7) is 5.90. The van der Waals surface area contributed by atoms with Crippen LogP contribution in [-0.4, -0.2) is 0 Å². The second-order valence-electron chi connectivity index (χ2n) is 3.93. The Kier molecular flexibility index (Phi) is 12.5. The number of hydrogen-bond donors (Lipinski definition) is 0. The lowest BCUT2D eigenvalue weighted by atomic mass is 10.1. The molecule has 0 aliphatic carbocycles. The Morgan fingerprint density at radius 1 is 0.867 bits per heavy atom. The number of hydrogen-bond acceptors (Lipinski definition) is 0. The first kappa shape index (κ1) is 14.2. The lowest BCUT2D eigenvalue weighted by Crippen LogP contribution is -1.77. The molecule has 0 heterocycles. The molecule has 0 saturated heterocycles. The molecule has 0 bridgehead atoms. The maximum Gasteiger partial charge on any atom is -0.0166 e. The Balaban J connectivity index is 3.09. The summed E-state index contributed by atoms with van der Waals surface area (Å²) in [7, 11) is 0. The molecule has 15 heavy (non-hydrogen) atoms. The van der Waals surface area contributed by atoms with E-state index in [1.165, 1.54) is 44.9 Å². The van der Waals surface area contributed by atoms with E-state index in [9.17, 15) is 0 Å². The first-order chi connectivity index (χ1) is 7.41. The van der Waals surface area contributed by atoms with Crippen molar-refractivity contribution in [3.05, 3.63) is 37.0 Å². The van der Waals surface area contributed by atoms with Crippen LogP contribution in [0.4, 0.5) is 0 Å². The molecule has 0 aliphatic heterocycles. The molecule has 0 heteroatoms. The second-order valence-corrected chi connectivity index (χ2v) is 3.93. The number of unbranched alkanes of at least 4 members (excludes halogenated alkanes) is 6. The van der Waals surface area contributed by atoms with Gasteiger partial charge in [-0.1, -0.05) is 76.0 Å². The summed E-state index contributed by atoms with van der Waals surface area (Å²) < 4.78 is 0. The zero-order valence-corrected chi connectivity index (χ0v) is 10.3. The smallest absolute Gasteiger partial charge is 0.0166 e. The topological polar surface area (TPSA) is 0 Å². The van der Waals surface area contributed by atoms with Gasteiger partial charge in [-0.3, -0.25) is 0 Å². The van der Waals surface area contributed by atoms with Gasteiger partial charge in [-0.05, 0) is 19.3 Å². The molecule has 0 nitrogen and oxygen atoms in total. The van der Waals surface area contributed by atoms with Gasteiger partial charge in [0.25, 0.3) is 0 Å². The Morgan fingerprint density at radius 3 is 2.33 bits per heavy atom. The summed E-state index contributed by atoms with van der Waals surface area (Å²) in [4.78, 5) is 0. The highest BCUT2D eigenvalue weighted by molar-refractivity contribution is 5.00. The summed E-state index contributed by atoms with van der Waals surface area (Å²) in [6.07, 6.45) is 21.1. The van der Waals surface area contributed by atoms with Crippen molar-refractivity contribution < 1.29 is 0 Å². The average molecular weight is 206 g/mol. The van der Waals surface area contributed by atoms with Gasteiger partial charge in [0, 0.05) is 0 Å². The van der Waals surface area contributed by atoms with E-state index in [1.54, 1.807) is 0 Å². The molecule has 0 atom stereocenters. The molecule has 86 valence electrons. The highest BCUT2D eigenvalue weighted by Gasteiger charge is 1.87. The Morgan fingerprint density at radius 2 is 1.60 bits per heavy atom. The van der Waals surface area contributed by atoms with E-state index in [0.717, 1.165) is 6.42 Å². The van der Waals surface area contributed by atoms with Crippen molar-refractivity contribution in [2.24, 2.45) is 0 Å². The van der Waals surface area contributed by atoms with Crippen molar-refractivity contribution in [1.29, 1.82) is 0 Å². The summed E-state index contributed by atoms with van der Waals surface area (Å²) in [5, 5.41) is 0. The number of allylic oxidation sites excluding steroid dienone is 5. The normalized spacial score (nSPS) is 11.5. The molecule has 0 aromatic heterocycles. The molecule has 0 amide bonds. The summed E-state index contributed by atoms with van der Waals surface area (Å²) in [6, 6.07) is 0. The zero-order chi connectivity index (χ0) is 11.2. The summed E-state index contributed by atoms with van der Waals surface area (Å²) >= 11 is 0. The average Bonchev–Trinajstić information content (AvgIpc) is 2.26. The highest BCUT2D eigenvalue weighted by atomic mass is 13.9. The molecule has 0 N–H and O–H groups in total.